The third-order valence-electron chi connectivity index (χ3n) is 4.32. The van der Waals surface area contributed by atoms with Crippen molar-refractivity contribution in [2.75, 3.05) is 17.6 Å². The van der Waals surface area contributed by atoms with Crippen LogP contribution < -0.4 is 10.6 Å². The molecule has 1 aliphatic rings. The molecule has 5 nitrogen and oxygen atoms in total. The minimum absolute atomic E-state index is 0.0148. The van der Waals surface area contributed by atoms with Crippen LogP contribution in [0, 0.1) is 0 Å². The maximum absolute atomic E-state index is 12.0. The van der Waals surface area contributed by atoms with Crippen molar-refractivity contribution in [3.8, 4) is 0 Å². The van der Waals surface area contributed by atoms with Crippen molar-refractivity contribution in [3.05, 3.63) is 34.9 Å². The van der Waals surface area contributed by atoms with Gasteiger partial charge in [0.25, 0.3) is 0 Å². The van der Waals surface area contributed by atoms with Gasteiger partial charge >= 0.3 is 0 Å². The minimum atomic E-state index is 0.0148. The summed E-state index contributed by atoms with van der Waals surface area (Å²) in [6.45, 7) is 0.617. The molecule has 1 aromatic carbocycles. The summed E-state index contributed by atoms with van der Waals surface area (Å²) < 4.78 is 0.830. The number of hydrogen-bond donors (Lipinski definition) is 2. The van der Waals surface area contributed by atoms with Crippen LogP contribution in [0.15, 0.2) is 28.6 Å². The molecule has 1 fully saturated rings. The van der Waals surface area contributed by atoms with E-state index in [4.69, 9.17) is 11.6 Å². The van der Waals surface area contributed by atoms with E-state index in [2.05, 4.69) is 20.8 Å². The van der Waals surface area contributed by atoms with Gasteiger partial charge in [-0.2, -0.15) is 0 Å². The van der Waals surface area contributed by atoms with Crippen LogP contribution in [0.1, 0.15) is 37.7 Å². The third kappa shape index (κ3) is 6.45. The summed E-state index contributed by atoms with van der Waals surface area (Å²) in [4.78, 5) is 12.0. The highest BCUT2D eigenvalue weighted by Gasteiger charge is 2.15. The number of carbonyl (C=O) groups is 1. The number of carbonyl (C=O) groups excluding carboxylic acids is 1. The van der Waals surface area contributed by atoms with E-state index in [9.17, 15) is 4.79 Å². The average Bonchev–Trinajstić information content (AvgIpc) is 3.10. The summed E-state index contributed by atoms with van der Waals surface area (Å²) in [6.07, 6.45) is 7.11. The largest absolute Gasteiger partial charge is 0.357 e. The molecule has 0 unspecified atom stereocenters. The number of nitrogens with zero attached hydrogens (tertiary/aromatic N) is 2. The number of nitrogens with one attached hydrogen (secondary N) is 2. The highest BCUT2D eigenvalue weighted by atomic mass is 35.5. The van der Waals surface area contributed by atoms with Crippen molar-refractivity contribution < 1.29 is 4.79 Å². The van der Waals surface area contributed by atoms with Crippen LogP contribution in [-0.2, 0) is 11.2 Å². The normalized spacial score (nSPS) is 15.0. The number of aromatic nitrogens is 2. The predicted octanol–water partition coefficient (Wildman–Crippen LogP) is 4.39. The smallest absolute Gasteiger partial charge is 0.230 e. The van der Waals surface area contributed by atoms with Gasteiger partial charge in [0.15, 0.2) is 4.34 Å². The molecular formula is C18H23ClN4OS2. The summed E-state index contributed by atoms with van der Waals surface area (Å²) in [5.41, 5.74) is 1.16. The molecule has 2 N–H and O–H groups in total. The average molecular weight is 411 g/mol. The van der Waals surface area contributed by atoms with Gasteiger partial charge in [0.1, 0.15) is 0 Å². The molecule has 0 atom stereocenters. The summed E-state index contributed by atoms with van der Waals surface area (Å²) in [7, 11) is 0. The molecule has 0 saturated heterocycles. The molecule has 2 aromatic rings. The van der Waals surface area contributed by atoms with Crippen LogP contribution in [0.4, 0.5) is 5.13 Å². The van der Waals surface area contributed by atoms with E-state index < -0.39 is 0 Å². The molecule has 1 aromatic heterocycles. The van der Waals surface area contributed by atoms with Crippen LogP contribution in [-0.4, -0.2) is 34.4 Å². The molecule has 1 heterocycles. The summed E-state index contributed by atoms with van der Waals surface area (Å²) in [6, 6.07) is 8.20. The lowest BCUT2D eigenvalue weighted by molar-refractivity contribution is -0.118. The van der Waals surface area contributed by atoms with Crippen molar-refractivity contribution in [1.29, 1.82) is 0 Å². The summed E-state index contributed by atoms with van der Waals surface area (Å²) in [5, 5.41) is 16.3. The molecular weight excluding hydrogens is 388 g/mol. The first-order valence-corrected chi connectivity index (χ1v) is 11.1. The fourth-order valence-electron chi connectivity index (χ4n) is 2.92. The van der Waals surface area contributed by atoms with Crippen molar-refractivity contribution >= 4 is 45.7 Å². The molecule has 0 spiro atoms. The van der Waals surface area contributed by atoms with Gasteiger partial charge in [-0.25, -0.2) is 0 Å². The molecule has 3 rings (SSSR count). The minimum Gasteiger partial charge on any atom is -0.357 e. The Balaban J connectivity index is 1.34. The zero-order valence-electron chi connectivity index (χ0n) is 14.5. The van der Waals surface area contributed by atoms with Gasteiger partial charge in [0, 0.05) is 17.6 Å². The Hall–Kier alpha value is -1.31. The fourth-order valence-corrected chi connectivity index (χ4v) is 4.71. The van der Waals surface area contributed by atoms with Crippen LogP contribution in [0.2, 0.25) is 5.02 Å². The van der Waals surface area contributed by atoms with Crippen LogP contribution in [0.5, 0.6) is 0 Å². The van der Waals surface area contributed by atoms with E-state index >= 15 is 0 Å². The second kappa shape index (κ2) is 10.1. The van der Waals surface area contributed by atoms with E-state index in [0.29, 0.717) is 18.3 Å². The summed E-state index contributed by atoms with van der Waals surface area (Å²) >= 11 is 8.83. The number of amides is 1. The second-order valence-corrected chi connectivity index (χ2v) is 9.00. The first-order valence-electron chi connectivity index (χ1n) is 8.93. The quantitative estimate of drug-likeness (QED) is 0.632. The third-order valence-corrected chi connectivity index (χ3v) is 6.55. The number of rotatable bonds is 8. The SMILES string of the molecule is O=C(CSc1nnc(NC2CCCCC2)s1)NCCc1ccc(Cl)cc1. The van der Waals surface area contributed by atoms with Gasteiger partial charge in [0.2, 0.25) is 11.0 Å². The Morgan fingerprint density at radius 2 is 1.96 bits per heavy atom. The Kier molecular flexibility index (Phi) is 7.58. The van der Waals surface area contributed by atoms with Crippen molar-refractivity contribution in [1.82, 2.24) is 15.5 Å². The lowest BCUT2D eigenvalue weighted by atomic mass is 9.96. The van der Waals surface area contributed by atoms with Crippen LogP contribution in [0.3, 0.4) is 0 Å². The van der Waals surface area contributed by atoms with Crippen molar-refractivity contribution in [3.63, 3.8) is 0 Å². The van der Waals surface area contributed by atoms with Gasteiger partial charge < -0.3 is 10.6 Å². The number of benzene rings is 1. The van der Waals surface area contributed by atoms with Gasteiger partial charge in [-0.05, 0) is 37.0 Å². The Morgan fingerprint density at radius 3 is 2.73 bits per heavy atom. The van der Waals surface area contributed by atoms with Crippen LogP contribution in [0.25, 0.3) is 0 Å². The van der Waals surface area contributed by atoms with E-state index in [0.717, 1.165) is 26.5 Å². The zero-order chi connectivity index (χ0) is 18.2. The number of thioether (sulfide) groups is 1. The first kappa shape index (κ1) is 19.5. The number of halogens is 1. The van der Waals surface area contributed by atoms with Gasteiger partial charge in [-0.1, -0.05) is 66.1 Å². The molecule has 8 heteroatoms. The lowest BCUT2D eigenvalue weighted by Crippen LogP contribution is -2.27. The number of hydrogen-bond acceptors (Lipinski definition) is 6. The maximum Gasteiger partial charge on any atom is 0.230 e. The van der Waals surface area contributed by atoms with E-state index in [-0.39, 0.29) is 5.91 Å². The van der Waals surface area contributed by atoms with Gasteiger partial charge in [-0.3, -0.25) is 4.79 Å². The first-order chi connectivity index (χ1) is 12.7. The molecule has 1 aliphatic carbocycles. The van der Waals surface area contributed by atoms with E-state index in [1.807, 2.05) is 24.3 Å². The molecule has 1 saturated carbocycles. The topological polar surface area (TPSA) is 66.9 Å². The molecule has 0 bridgehead atoms. The molecule has 1 amide bonds. The predicted molar refractivity (Wildman–Crippen MR) is 109 cm³/mol. The van der Waals surface area contributed by atoms with Crippen molar-refractivity contribution in [2.45, 2.75) is 48.9 Å². The molecule has 26 heavy (non-hydrogen) atoms. The van der Waals surface area contributed by atoms with Crippen LogP contribution >= 0.6 is 34.7 Å². The maximum atomic E-state index is 12.0. The Bertz CT molecular complexity index is 701. The molecule has 0 radical (unpaired) electrons. The Morgan fingerprint density at radius 1 is 1.19 bits per heavy atom. The van der Waals surface area contributed by atoms with E-state index in [1.165, 1.54) is 55.2 Å². The molecule has 140 valence electrons. The highest BCUT2D eigenvalue weighted by Crippen LogP contribution is 2.28. The van der Waals surface area contributed by atoms with Gasteiger partial charge in [-0.15, -0.1) is 10.2 Å². The Labute approximate surface area is 167 Å². The fraction of sp³-hybridized carbons (Fsp3) is 0.500. The van der Waals surface area contributed by atoms with Crippen molar-refractivity contribution in [2.24, 2.45) is 0 Å². The standard InChI is InChI=1S/C18H23ClN4OS2/c19-14-8-6-13(7-9-14)10-11-20-16(24)12-25-18-23-22-17(26-18)21-15-4-2-1-3-5-15/h6-9,15H,1-5,10-12H2,(H,20,24)(H,21,22). The lowest BCUT2D eigenvalue weighted by Gasteiger charge is -2.21. The zero-order valence-corrected chi connectivity index (χ0v) is 16.9. The second-order valence-electron chi connectivity index (χ2n) is 6.37. The van der Waals surface area contributed by atoms with E-state index in [1.54, 1.807) is 0 Å². The monoisotopic (exact) mass is 410 g/mol. The highest BCUT2D eigenvalue weighted by molar-refractivity contribution is 8.01. The molecule has 0 aliphatic heterocycles. The summed E-state index contributed by atoms with van der Waals surface area (Å²) in [5.74, 6) is 0.375. The number of anilines is 1. The van der Waals surface area contributed by atoms with Gasteiger partial charge in [0.05, 0.1) is 5.75 Å².